The predicted molar refractivity (Wildman–Crippen MR) is 138 cm³/mol. The minimum absolute atomic E-state index is 0.892. The van der Waals surface area contributed by atoms with Crippen LogP contribution in [0, 0.1) is 0 Å². The molecule has 3 heteroatoms. The summed E-state index contributed by atoms with van der Waals surface area (Å²) in [5, 5.41) is 8.36. The fraction of sp³-hybridized carbons (Fsp3) is 0. The summed E-state index contributed by atoms with van der Waals surface area (Å²) in [6.07, 6.45) is 0. The summed E-state index contributed by atoms with van der Waals surface area (Å²) in [7, 11) is 0. The van der Waals surface area contributed by atoms with Crippen molar-refractivity contribution in [3.8, 4) is 5.69 Å². The Hall–Kier alpha value is -4.50. The number of rotatable bonds is 3. The molecule has 3 nitrogen and oxygen atoms in total. The van der Waals surface area contributed by atoms with Crippen LogP contribution in [0.2, 0.25) is 0 Å². The van der Waals surface area contributed by atoms with Gasteiger partial charge in [0.1, 0.15) is 11.2 Å². The van der Waals surface area contributed by atoms with Crippen molar-refractivity contribution in [2.24, 2.45) is 0 Å². The topological polar surface area (TPSA) is 30.1 Å². The lowest BCUT2D eigenvalue weighted by molar-refractivity contribution is 0.669. The molecule has 1 N–H and O–H groups in total. The Morgan fingerprint density at radius 2 is 1.27 bits per heavy atom. The Kier molecular flexibility index (Phi) is 3.84. The summed E-state index contributed by atoms with van der Waals surface area (Å²) in [5.74, 6) is 0. The largest absolute Gasteiger partial charge is 0.456 e. The molecule has 0 aliphatic rings. The van der Waals surface area contributed by atoms with Crippen LogP contribution in [0.1, 0.15) is 0 Å². The van der Waals surface area contributed by atoms with Crippen molar-refractivity contribution in [1.82, 2.24) is 4.57 Å². The maximum absolute atomic E-state index is 6.07. The van der Waals surface area contributed by atoms with E-state index < -0.39 is 0 Å². The molecule has 0 fully saturated rings. The van der Waals surface area contributed by atoms with E-state index in [2.05, 4.69) is 101 Å². The summed E-state index contributed by atoms with van der Waals surface area (Å²) in [5.41, 5.74) is 7.46. The SMILES string of the molecule is c1ccc(-n2c3ccccc3c3cc(Nc4cccc5oc6ccccc6c45)ccc32)cc1. The van der Waals surface area contributed by atoms with E-state index in [1.165, 1.54) is 27.5 Å². The number of para-hydroxylation sites is 3. The molecule has 33 heavy (non-hydrogen) atoms. The fourth-order valence-corrected chi connectivity index (χ4v) is 4.94. The number of nitrogens with zero attached hydrogens (tertiary/aromatic N) is 1. The smallest absolute Gasteiger partial charge is 0.137 e. The molecule has 7 rings (SSSR count). The van der Waals surface area contributed by atoms with Crippen LogP contribution in [0.15, 0.2) is 120 Å². The molecule has 5 aromatic carbocycles. The average molecular weight is 425 g/mol. The van der Waals surface area contributed by atoms with Gasteiger partial charge in [0.2, 0.25) is 0 Å². The normalized spacial score (nSPS) is 11.6. The van der Waals surface area contributed by atoms with Crippen LogP contribution >= 0.6 is 0 Å². The number of hydrogen-bond acceptors (Lipinski definition) is 2. The van der Waals surface area contributed by atoms with E-state index in [4.69, 9.17) is 4.42 Å². The van der Waals surface area contributed by atoms with Crippen molar-refractivity contribution in [3.63, 3.8) is 0 Å². The number of aromatic nitrogens is 1. The Morgan fingerprint density at radius 1 is 0.545 bits per heavy atom. The molecule has 0 atom stereocenters. The molecule has 0 aliphatic heterocycles. The highest BCUT2D eigenvalue weighted by molar-refractivity contribution is 6.13. The van der Waals surface area contributed by atoms with E-state index in [9.17, 15) is 0 Å². The lowest BCUT2D eigenvalue weighted by atomic mass is 10.1. The molecule has 0 unspecified atom stereocenters. The zero-order valence-electron chi connectivity index (χ0n) is 17.8. The first kappa shape index (κ1) is 18.1. The van der Waals surface area contributed by atoms with Crippen molar-refractivity contribution in [1.29, 1.82) is 0 Å². The van der Waals surface area contributed by atoms with Gasteiger partial charge in [0.25, 0.3) is 0 Å². The highest BCUT2D eigenvalue weighted by Gasteiger charge is 2.14. The van der Waals surface area contributed by atoms with Crippen molar-refractivity contribution in [3.05, 3.63) is 115 Å². The van der Waals surface area contributed by atoms with Gasteiger partial charge in [-0.25, -0.2) is 0 Å². The fourth-order valence-electron chi connectivity index (χ4n) is 4.94. The maximum atomic E-state index is 6.07. The Morgan fingerprint density at radius 3 is 2.18 bits per heavy atom. The number of anilines is 2. The van der Waals surface area contributed by atoms with Crippen LogP contribution < -0.4 is 5.32 Å². The highest BCUT2D eigenvalue weighted by atomic mass is 16.3. The first-order valence-corrected chi connectivity index (χ1v) is 11.1. The molecule has 0 bridgehead atoms. The van der Waals surface area contributed by atoms with Gasteiger partial charge in [-0.05, 0) is 54.6 Å². The second-order valence-electron chi connectivity index (χ2n) is 8.32. The van der Waals surface area contributed by atoms with Gasteiger partial charge in [0, 0.05) is 27.5 Å². The molecule has 0 aliphatic carbocycles. The van der Waals surface area contributed by atoms with Crippen LogP contribution in [-0.4, -0.2) is 4.57 Å². The highest BCUT2D eigenvalue weighted by Crippen LogP contribution is 2.37. The molecule has 2 aromatic heterocycles. The monoisotopic (exact) mass is 424 g/mol. The van der Waals surface area contributed by atoms with Crippen LogP contribution in [-0.2, 0) is 0 Å². The van der Waals surface area contributed by atoms with Gasteiger partial charge in [0.05, 0.1) is 22.1 Å². The minimum atomic E-state index is 0.892. The molecule has 0 saturated carbocycles. The first-order valence-electron chi connectivity index (χ1n) is 11.1. The molecular formula is C30H20N2O. The van der Waals surface area contributed by atoms with Gasteiger partial charge < -0.3 is 14.3 Å². The molecule has 0 spiro atoms. The zero-order chi connectivity index (χ0) is 21.8. The van der Waals surface area contributed by atoms with Crippen molar-refractivity contribution < 1.29 is 4.42 Å². The average Bonchev–Trinajstić information content (AvgIpc) is 3.41. The summed E-state index contributed by atoms with van der Waals surface area (Å²) in [6.45, 7) is 0. The second-order valence-corrected chi connectivity index (χ2v) is 8.32. The standard InChI is InChI=1S/C30H20N2O/c1-2-9-21(10-3-1)32-26-14-6-4-11-22(26)24-19-20(17-18-27(24)32)31-25-13-8-16-29-30(25)23-12-5-7-15-28(23)33-29/h1-19,31H. The van der Waals surface area contributed by atoms with Crippen LogP contribution in [0.5, 0.6) is 0 Å². The third kappa shape index (κ3) is 2.76. The second kappa shape index (κ2) is 7.01. The summed E-state index contributed by atoms with van der Waals surface area (Å²) in [4.78, 5) is 0. The molecule has 2 heterocycles. The van der Waals surface area contributed by atoms with Crippen molar-refractivity contribution in [2.45, 2.75) is 0 Å². The van der Waals surface area contributed by atoms with E-state index in [0.717, 1.165) is 33.3 Å². The van der Waals surface area contributed by atoms with E-state index >= 15 is 0 Å². The van der Waals surface area contributed by atoms with Gasteiger partial charge in [0.15, 0.2) is 0 Å². The first-order chi connectivity index (χ1) is 16.4. The number of benzene rings is 5. The number of hydrogen-bond donors (Lipinski definition) is 1. The lowest BCUT2D eigenvalue weighted by Crippen LogP contribution is -1.94. The Balaban J connectivity index is 1.42. The Labute approximate surface area is 190 Å². The van der Waals surface area contributed by atoms with E-state index in [0.29, 0.717) is 0 Å². The number of nitrogens with one attached hydrogen (secondary N) is 1. The predicted octanol–water partition coefficient (Wildman–Crippen LogP) is 8.43. The van der Waals surface area contributed by atoms with Crippen molar-refractivity contribution in [2.75, 3.05) is 5.32 Å². The summed E-state index contributed by atoms with van der Waals surface area (Å²) >= 11 is 0. The number of furan rings is 1. The third-order valence-corrected chi connectivity index (χ3v) is 6.37. The van der Waals surface area contributed by atoms with Gasteiger partial charge in [-0.15, -0.1) is 0 Å². The summed E-state index contributed by atoms with van der Waals surface area (Å²) < 4.78 is 8.40. The molecule has 156 valence electrons. The zero-order valence-corrected chi connectivity index (χ0v) is 17.8. The number of fused-ring (bicyclic) bond motifs is 6. The Bertz CT molecular complexity index is 1790. The molecule has 0 saturated heterocycles. The van der Waals surface area contributed by atoms with Gasteiger partial charge in [-0.2, -0.15) is 0 Å². The van der Waals surface area contributed by atoms with E-state index in [1.54, 1.807) is 0 Å². The lowest BCUT2D eigenvalue weighted by Gasteiger charge is -2.10. The van der Waals surface area contributed by atoms with Gasteiger partial charge in [-0.3, -0.25) is 0 Å². The van der Waals surface area contributed by atoms with Crippen LogP contribution in [0.3, 0.4) is 0 Å². The third-order valence-electron chi connectivity index (χ3n) is 6.37. The molecule has 0 amide bonds. The molecule has 7 aromatic rings. The minimum Gasteiger partial charge on any atom is -0.456 e. The maximum Gasteiger partial charge on any atom is 0.137 e. The molecule has 0 radical (unpaired) electrons. The van der Waals surface area contributed by atoms with E-state index in [1.807, 2.05) is 24.3 Å². The summed E-state index contributed by atoms with van der Waals surface area (Å²) in [6, 6.07) is 40.1. The van der Waals surface area contributed by atoms with E-state index in [-0.39, 0.29) is 0 Å². The van der Waals surface area contributed by atoms with Gasteiger partial charge >= 0.3 is 0 Å². The van der Waals surface area contributed by atoms with Gasteiger partial charge in [-0.1, -0.05) is 60.7 Å². The van der Waals surface area contributed by atoms with Crippen LogP contribution in [0.25, 0.3) is 49.4 Å². The molecular weight excluding hydrogens is 404 g/mol. The van der Waals surface area contributed by atoms with Crippen LogP contribution in [0.4, 0.5) is 11.4 Å². The quantitative estimate of drug-likeness (QED) is 0.308. The van der Waals surface area contributed by atoms with Crippen molar-refractivity contribution >= 4 is 55.1 Å².